The van der Waals surface area contributed by atoms with E-state index in [2.05, 4.69) is 5.43 Å². The van der Waals surface area contributed by atoms with Crippen molar-refractivity contribution in [2.75, 3.05) is 12.0 Å². The van der Waals surface area contributed by atoms with E-state index >= 15 is 0 Å². The van der Waals surface area contributed by atoms with E-state index in [1.54, 1.807) is 0 Å². The van der Waals surface area contributed by atoms with Gasteiger partial charge in [0.15, 0.2) is 0 Å². The van der Waals surface area contributed by atoms with Crippen LogP contribution in [0.2, 0.25) is 0 Å². The van der Waals surface area contributed by atoms with E-state index in [-0.39, 0.29) is 11.3 Å². The molecule has 7 heteroatoms. The van der Waals surface area contributed by atoms with Gasteiger partial charge < -0.3 is 0 Å². The molecule has 0 radical (unpaired) electrons. The van der Waals surface area contributed by atoms with Crippen molar-refractivity contribution < 1.29 is 17.2 Å². The molecule has 1 unspecified atom stereocenters. The van der Waals surface area contributed by atoms with Crippen molar-refractivity contribution in [3.63, 3.8) is 0 Å². The van der Waals surface area contributed by atoms with Crippen molar-refractivity contribution in [3.8, 4) is 0 Å². The first-order valence-corrected chi connectivity index (χ1v) is 7.90. The zero-order chi connectivity index (χ0) is 14.6. The molecule has 0 saturated carbocycles. The normalized spacial score (nSPS) is 13.5. The largest absolute Gasteiger partial charge is 0.271 e. The molecule has 1 rings (SSSR count). The Labute approximate surface area is 111 Å². The SMILES string of the molecule is Cc1cc(C(CCCS(C)(=O)=O)NN)c(F)cc1F. The highest BCUT2D eigenvalue weighted by molar-refractivity contribution is 7.90. The lowest BCUT2D eigenvalue weighted by molar-refractivity contribution is 0.474. The lowest BCUT2D eigenvalue weighted by atomic mass is 10.00. The van der Waals surface area contributed by atoms with Crippen LogP contribution in [0.25, 0.3) is 0 Å². The number of sulfone groups is 1. The summed E-state index contributed by atoms with van der Waals surface area (Å²) < 4.78 is 48.9. The van der Waals surface area contributed by atoms with Gasteiger partial charge in [-0.25, -0.2) is 17.2 Å². The van der Waals surface area contributed by atoms with E-state index < -0.39 is 27.5 Å². The van der Waals surface area contributed by atoms with Crippen molar-refractivity contribution in [2.45, 2.75) is 25.8 Å². The van der Waals surface area contributed by atoms with Crippen LogP contribution in [0, 0.1) is 18.6 Å². The number of hydrogen-bond acceptors (Lipinski definition) is 4. The Morgan fingerprint density at radius 1 is 1.32 bits per heavy atom. The molecule has 0 fully saturated rings. The quantitative estimate of drug-likeness (QED) is 0.617. The number of halogens is 2. The minimum atomic E-state index is -3.06. The summed E-state index contributed by atoms with van der Waals surface area (Å²) in [7, 11) is -3.06. The molecule has 4 nitrogen and oxygen atoms in total. The fourth-order valence-corrected chi connectivity index (χ4v) is 2.52. The molecule has 0 aliphatic carbocycles. The molecule has 0 bridgehead atoms. The molecular weight excluding hydrogens is 274 g/mol. The third-order valence-electron chi connectivity index (χ3n) is 2.86. The smallest absolute Gasteiger partial charge is 0.147 e. The number of rotatable bonds is 6. The molecule has 0 heterocycles. The lowest BCUT2D eigenvalue weighted by Crippen LogP contribution is -2.29. The van der Waals surface area contributed by atoms with Crippen LogP contribution in [0.4, 0.5) is 8.78 Å². The number of benzene rings is 1. The van der Waals surface area contributed by atoms with Gasteiger partial charge in [0.2, 0.25) is 0 Å². The number of nitrogens with one attached hydrogen (secondary N) is 1. The molecule has 19 heavy (non-hydrogen) atoms. The van der Waals surface area contributed by atoms with E-state index in [0.29, 0.717) is 18.4 Å². The summed E-state index contributed by atoms with van der Waals surface area (Å²) in [4.78, 5) is 0. The van der Waals surface area contributed by atoms with Crippen LogP contribution in [0.5, 0.6) is 0 Å². The molecular formula is C12H18F2N2O2S. The Bertz CT molecular complexity index is 547. The van der Waals surface area contributed by atoms with E-state index in [1.165, 1.54) is 13.0 Å². The number of aryl methyl sites for hydroxylation is 1. The Morgan fingerprint density at radius 2 is 1.95 bits per heavy atom. The summed E-state index contributed by atoms with van der Waals surface area (Å²) in [5, 5.41) is 0. The van der Waals surface area contributed by atoms with Crippen LogP contribution in [0.3, 0.4) is 0 Å². The fraction of sp³-hybridized carbons (Fsp3) is 0.500. The zero-order valence-corrected chi connectivity index (χ0v) is 11.7. The summed E-state index contributed by atoms with van der Waals surface area (Å²) in [5.74, 6) is 4.05. The second-order valence-corrected chi connectivity index (χ2v) is 6.87. The number of hydrazine groups is 1. The van der Waals surface area contributed by atoms with E-state index in [1.807, 2.05) is 0 Å². The summed E-state index contributed by atoms with van der Waals surface area (Å²) in [6.07, 6.45) is 1.84. The third-order valence-corrected chi connectivity index (χ3v) is 3.89. The van der Waals surface area contributed by atoms with Gasteiger partial charge in [-0.05, 0) is 31.4 Å². The van der Waals surface area contributed by atoms with Crippen LogP contribution in [0.1, 0.15) is 30.0 Å². The average molecular weight is 292 g/mol. The first-order valence-electron chi connectivity index (χ1n) is 5.84. The molecule has 0 amide bonds. The topological polar surface area (TPSA) is 72.2 Å². The van der Waals surface area contributed by atoms with Gasteiger partial charge in [0, 0.05) is 29.7 Å². The Hall–Kier alpha value is -1.05. The standard InChI is InChI=1S/C12H18F2N2O2S/c1-8-6-9(11(14)7-10(8)13)12(16-15)4-3-5-19(2,17)18/h6-7,12,16H,3-5,15H2,1-2H3. The van der Waals surface area contributed by atoms with Gasteiger partial charge in [0.25, 0.3) is 0 Å². The van der Waals surface area contributed by atoms with E-state index in [4.69, 9.17) is 5.84 Å². The predicted molar refractivity (Wildman–Crippen MR) is 70.1 cm³/mol. The highest BCUT2D eigenvalue weighted by atomic mass is 32.2. The van der Waals surface area contributed by atoms with Gasteiger partial charge in [0.05, 0.1) is 0 Å². The van der Waals surface area contributed by atoms with Gasteiger partial charge in [-0.2, -0.15) is 0 Å². The monoisotopic (exact) mass is 292 g/mol. The molecule has 0 spiro atoms. The minimum Gasteiger partial charge on any atom is -0.271 e. The molecule has 1 aromatic carbocycles. The minimum absolute atomic E-state index is 0.00692. The van der Waals surface area contributed by atoms with Gasteiger partial charge >= 0.3 is 0 Å². The van der Waals surface area contributed by atoms with Crippen molar-refractivity contribution in [3.05, 3.63) is 34.9 Å². The van der Waals surface area contributed by atoms with Crippen LogP contribution < -0.4 is 11.3 Å². The maximum atomic E-state index is 13.7. The highest BCUT2D eigenvalue weighted by Crippen LogP contribution is 2.23. The first-order chi connectivity index (χ1) is 8.74. The maximum Gasteiger partial charge on any atom is 0.147 e. The van der Waals surface area contributed by atoms with E-state index in [0.717, 1.165) is 12.3 Å². The van der Waals surface area contributed by atoms with Crippen LogP contribution in [0.15, 0.2) is 12.1 Å². The summed E-state index contributed by atoms with van der Waals surface area (Å²) in [6, 6.07) is 1.65. The lowest BCUT2D eigenvalue weighted by Gasteiger charge is -2.17. The van der Waals surface area contributed by atoms with Gasteiger partial charge in [-0.3, -0.25) is 11.3 Å². The maximum absolute atomic E-state index is 13.7. The molecule has 1 aromatic rings. The zero-order valence-electron chi connectivity index (χ0n) is 10.9. The predicted octanol–water partition coefficient (Wildman–Crippen LogP) is 1.60. The fourth-order valence-electron chi connectivity index (χ4n) is 1.82. The third kappa shape index (κ3) is 4.85. The number of hydrogen-bond donors (Lipinski definition) is 2. The second-order valence-electron chi connectivity index (χ2n) is 4.61. The Balaban J connectivity index is 2.83. The molecule has 1 atom stereocenters. The van der Waals surface area contributed by atoms with Gasteiger partial charge in [-0.1, -0.05) is 0 Å². The second kappa shape index (κ2) is 6.40. The summed E-state index contributed by atoms with van der Waals surface area (Å²) in [6.45, 7) is 1.53. The van der Waals surface area contributed by atoms with Gasteiger partial charge in [0.1, 0.15) is 21.5 Å². The molecule has 0 aliphatic rings. The molecule has 0 aliphatic heterocycles. The Kier molecular flexibility index (Phi) is 5.39. The molecule has 108 valence electrons. The van der Waals surface area contributed by atoms with Crippen molar-refractivity contribution in [1.82, 2.24) is 5.43 Å². The van der Waals surface area contributed by atoms with Crippen LogP contribution in [-0.2, 0) is 9.84 Å². The molecule has 0 aromatic heterocycles. The average Bonchev–Trinajstić information content (AvgIpc) is 2.29. The van der Waals surface area contributed by atoms with Gasteiger partial charge in [-0.15, -0.1) is 0 Å². The molecule has 3 N–H and O–H groups in total. The van der Waals surface area contributed by atoms with Crippen molar-refractivity contribution in [1.29, 1.82) is 0 Å². The highest BCUT2D eigenvalue weighted by Gasteiger charge is 2.17. The number of nitrogens with two attached hydrogens (primary N) is 1. The van der Waals surface area contributed by atoms with Crippen LogP contribution >= 0.6 is 0 Å². The Morgan fingerprint density at radius 3 is 2.47 bits per heavy atom. The summed E-state index contributed by atoms with van der Waals surface area (Å²) in [5.41, 5.74) is 3.00. The van der Waals surface area contributed by atoms with Crippen molar-refractivity contribution >= 4 is 9.84 Å². The van der Waals surface area contributed by atoms with Crippen LogP contribution in [-0.4, -0.2) is 20.4 Å². The first kappa shape index (κ1) is 16.0. The van der Waals surface area contributed by atoms with Crippen molar-refractivity contribution in [2.24, 2.45) is 5.84 Å². The molecule has 0 saturated heterocycles. The van der Waals surface area contributed by atoms with E-state index in [9.17, 15) is 17.2 Å². The summed E-state index contributed by atoms with van der Waals surface area (Å²) >= 11 is 0.